The summed E-state index contributed by atoms with van der Waals surface area (Å²) in [6.07, 6.45) is 4.80. The maximum atomic E-state index is 12.4. The van der Waals surface area contributed by atoms with Gasteiger partial charge in [0.15, 0.2) is 0 Å². The summed E-state index contributed by atoms with van der Waals surface area (Å²) in [6.45, 7) is 3.65. The molecule has 0 atom stereocenters. The molecule has 0 N–H and O–H groups in total. The number of aromatic nitrogens is 2. The van der Waals surface area contributed by atoms with E-state index in [0.29, 0.717) is 6.42 Å². The van der Waals surface area contributed by atoms with Gasteiger partial charge in [-0.2, -0.15) is 0 Å². The van der Waals surface area contributed by atoms with Crippen molar-refractivity contribution in [1.29, 1.82) is 0 Å². The van der Waals surface area contributed by atoms with E-state index < -0.39 is 0 Å². The average molecular weight is 301 g/mol. The number of carbonyl (C=O) groups is 1. The maximum Gasteiger partial charge on any atom is 0.227 e. The monoisotopic (exact) mass is 301 g/mol. The molecule has 2 aromatic heterocycles. The summed E-state index contributed by atoms with van der Waals surface area (Å²) < 4.78 is 0. The highest BCUT2D eigenvalue weighted by Crippen LogP contribution is 2.18. The van der Waals surface area contributed by atoms with Crippen molar-refractivity contribution in [1.82, 2.24) is 14.9 Å². The molecule has 21 heavy (non-hydrogen) atoms. The van der Waals surface area contributed by atoms with Gasteiger partial charge < -0.3 is 4.90 Å². The van der Waals surface area contributed by atoms with Crippen LogP contribution in [0.2, 0.25) is 0 Å². The molecule has 3 heterocycles. The summed E-state index contributed by atoms with van der Waals surface area (Å²) in [6, 6.07) is 4.02. The van der Waals surface area contributed by atoms with Crippen LogP contribution in [-0.4, -0.2) is 33.9 Å². The number of rotatable bonds is 3. The van der Waals surface area contributed by atoms with E-state index in [1.54, 1.807) is 17.7 Å². The Morgan fingerprint density at radius 3 is 2.95 bits per heavy atom. The summed E-state index contributed by atoms with van der Waals surface area (Å²) >= 11 is 1.64. The summed E-state index contributed by atoms with van der Waals surface area (Å²) in [4.78, 5) is 24.3. The van der Waals surface area contributed by atoms with Crippen molar-refractivity contribution in [2.24, 2.45) is 0 Å². The summed E-state index contributed by atoms with van der Waals surface area (Å²) in [5.74, 6) is 0.219. The van der Waals surface area contributed by atoms with Gasteiger partial charge in [0.25, 0.3) is 0 Å². The second-order valence-corrected chi connectivity index (χ2v) is 6.27. The van der Waals surface area contributed by atoms with Crippen LogP contribution in [0.5, 0.6) is 0 Å². The van der Waals surface area contributed by atoms with Crippen LogP contribution in [0.3, 0.4) is 0 Å². The standard InChI is InChI=1S/C16H19N3OS/c1-2-14-13-5-7-19(8-6-15(13)18-11-17-14)16(20)10-12-4-3-9-21-12/h3-4,9,11H,2,5-8,10H2,1H3. The Balaban J connectivity index is 1.71. The molecular formula is C16H19N3OS. The van der Waals surface area contributed by atoms with Gasteiger partial charge in [0.05, 0.1) is 6.42 Å². The zero-order chi connectivity index (χ0) is 14.7. The zero-order valence-corrected chi connectivity index (χ0v) is 13.0. The fourth-order valence-corrected chi connectivity index (χ4v) is 3.52. The summed E-state index contributed by atoms with van der Waals surface area (Å²) in [5.41, 5.74) is 3.51. The molecule has 1 amide bonds. The smallest absolute Gasteiger partial charge is 0.227 e. The first-order valence-electron chi connectivity index (χ1n) is 7.39. The minimum absolute atomic E-state index is 0.219. The van der Waals surface area contributed by atoms with E-state index in [-0.39, 0.29) is 5.91 Å². The van der Waals surface area contributed by atoms with Crippen molar-refractivity contribution < 1.29 is 4.79 Å². The lowest BCUT2D eigenvalue weighted by Crippen LogP contribution is -2.34. The average Bonchev–Trinajstić information content (AvgIpc) is 2.90. The van der Waals surface area contributed by atoms with Gasteiger partial charge in [0.1, 0.15) is 6.33 Å². The first-order valence-corrected chi connectivity index (χ1v) is 8.27. The Morgan fingerprint density at radius 1 is 1.33 bits per heavy atom. The lowest BCUT2D eigenvalue weighted by molar-refractivity contribution is -0.130. The van der Waals surface area contributed by atoms with Gasteiger partial charge in [0.2, 0.25) is 5.91 Å². The van der Waals surface area contributed by atoms with Crippen molar-refractivity contribution in [3.8, 4) is 0 Å². The molecule has 110 valence electrons. The van der Waals surface area contributed by atoms with Gasteiger partial charge in [0, 0.05) is 35.8 Å². The minimum atomic E-state index is 0.219. The van der Waals surface area contributed by atoms with Gasteiger partial charge in [-0.15, -0.1) is 11.3 Å². The van der Waals surface area contributed by atoms with Crippen molar-refractivity contribution >= 4 is 17.2 Å². The molecule has 2 aromatic rings. The largest absolute Gasteiger partial charge is 0.342 e. The molecule has 0 spiro atoms. The van der Waals surface area contributed by atoms with Gasteiger partial charge >= 0.3 is 0 Å². The number of hydrogen-bond donors (Lipinski definition) is 0. The number of fused-ring (bicyclic) bond motifs is 1. The molecule has 4 nitrogen and oxygen atoms in total. The number of nitrogens with zero attached hydrogens (tertiary/aromatic N) is 3. The van der Waals surface area contributed by atoms with Crippen LogP contribution in [0.25, 0.3) is 0 Å². The summed E-state index contributed by atoms with van der Waals surface area (Å²) in [5, 5.41) is 2.02. The van der Waals surface area contributed by atoms with E-state index in [1.165, 1.54) is 5.56 Å². The number of hydrogen-bond acceptors (Lipinski definition) is 4. The predicted molar refractivity (Wildman–Crippen MR) is 83.4 cm³/mol. The van der Waals surface area contributed by atoms with Crippen LogP contribution in [-0.2, 0) is 30.5 Å². The van der Waals surface area contributed by atoms with Crippen LogP contribution in [0.4, 0.5) is 0 Å². The highest BCUT2D eigenvalue weighted by atomic mass is 32.1. The number of amides is 1. The van der Waals surface area contributed by atoms with Crippen molar-refractivity contribution in [3.63, 3.8) is 0 Å². The molecule has 0 fully saturated rings. The van der Waals surface area contributed by atoms with Gasteiger partial charge in [-0.3, -0.25) is 4.79 Å². The molecule has 0 unspecified atom stereocenters. The fraction of sp³-hybridized carbons (Fsp3) is 0.438. The van der Waals surface area contributed by atoms with Crippen LogP contribution < -0.4 is 0 Å². The van der Waals surface area contributed by atoms with Crippen molar-refractivity contribution in [2.75, 3.05) is 13.1 Å². The van der Waals surface area contributed by atoms with E-state index >= 15 is 0 Å². The van der Waals surface area contributed by atoms with E-state index in [0.717, 1.165) is 48.6 Å². The normalized spacial score (nSPS) is 14.6. The molecule has 0 radical (unpaired) electrons. The number of carbonyl (C=O) groups excluding carboxylic acids is 1. The Labute approximate surface area is 128 Å². The van der Waals surface area contributed by atoms with Gasteiger partial charge in [-0.25, -0.2) is 9.97 Å². The van der Waals surface area contributed by atoms with Crippen molar-refractivity contribution in [3.05, 3.63) is 45.7 Å². The highest BCUT2D eigenvalue weighted by Gasteiger charge is 2.21. The molecule has 1 aliphatic rings. The fourth-order valence-electron chi connectivity index (χ4n) is 2.82. The minimum Gasteiger partial charge on any atom is -0.342 e. The second-order valence-electron chi connectivity index (χ2n) is 5.24. The highest BCUT2D eigenvalue weighted by molar-refractivity contribution is 7.10. The SMILES string of the molecule is CCc1ncnc2c1CCN(C(=O)Cc1cccs1)CC2. The molecule has 0 aliphatic carbocycles. The lowest BCUT2D eigenvalue weighted by Gasteiger charge is -2.19. The Hall–Kier alpha value is -1.75. The molecule has 0 aromatic carbocycles. The third kappa shape index (κ3) is 3.13. The quantitative estimate of drug-likeness (QED) is 0.873. The molecule has 3 rings (SSSR count). The van der Waals surface area contributed by atoms with Crippen LogP contribution in [0.1, 0.15) is 28.8 Å². The molecule has 1 aliphatic heterocycles. The molecule has 0 saturated carbocycles. The topological polar surface area (TPSA) is 46.1 Å². The first kappa shape index (κ1) is 14.2. The van der Waals surface area contributed by atoms with E-state index in [9.17, 15) is 4.79 Å². The van der Waals surface area contributed by atoms with Crippen LogP contribution in [0, 0.1) is 0 Å². The Bertz CT molecular complexity index is 624. The van der Waals surface area contributed by atoms with Gasteiger partial charge in [-0.1, -0.05) is 13.0 Å². The van der Waals surface area contributed by atoms with Crippen molar-refractivity contribution in [2.45, 2.75) is 32.6 Å². The third-order valence-corrected chi connectivity index (χ3v) is 4.84. The Morgan fingerprint density at radius 2 is 2.19 bits per heavy atom. The summed E-state index contributed by atoms with van der Waals surface area (Å²) in [7, 11) is 0. The predicted octanol–water partition coefficient (Wildman–Crippen LogP) is 2.27. The zero-order valence-electron chi connectivity index (χ0n) is 12.2. The lowest BCUT2D eigenvalue weighted by atomic mass is 10.1. The molecule has 0 bridgehead atoms. The van der Waals surface area contributed by atoms with Crippen LogP contribution in [0.15, 0.2) is 23.8 Å². The second kappa shape index (κ2) is 6.35. The van der Waals surface area contributed by atoms with Crippen LogP contribution >= 0.6 is 11.3 Å². The third-order valence-electron chi connectivity index (χ3n) is 3.97. The van der Waals surface area contributed by atoms with Gasteiger partial charge in [-0.05, 0) is 29.9 Å². The van der Waals surface area contributed by atoms with E-state index in [2.05, 4.69) is 16.9 Å². The van der Waals surface area contributed by atoms with E-state index in [1.807, 2.05) is 22.4 Å². The molecule has 0 saturated heterocycles. The Kier molecular flexibility index (Phi) is 4.29. The first-order chi connectivity index (χ1) is 10.3. The number of aryl methyl sites for hydroxylation is 1. The maximum absolute atomic E-state index is 12.4. The molecule has 5 heteroatoms. The number of thiophene rings is 1. The molecular weight excluding hydrogens is 282 g/mol. The van der Waals surface area contributed by atoms with E-state index in [4.69, 9.17) is 0 Å².